The van der Waals surface area contributed by atoms with E-state index < -0.39 is 12.0 Å². The third-order valence-corrected chi connectivity index (χ3v) is 3.01. The molecule has 20 heavy (non-hydrogen) atoms. The van der Waals surface area contributed by atoms with Crippen LogP contribution in [-0.2, 0) is 4.79 Å². The van der Waals surface area contributed by atoms with Crippen molar-refractivity contribution in [2.24, 2.45) is 0 Å². The van der Waals surface area contributed by atoms with Crippen LogP contribution in [0.25, 0.3) is 11.0 Å². The van der Waals surface area contributed by atoms with Gasteiger partial charge in [-0.25, -0.2) is 9.48 Å². The van der Waals surface area contributed by atoms with E-state index >= 15 is 0 Å². The number of amides is 1. The molecule has 7 nitrogen and oxygen atoms in total. The fraction of sp³-hybridized carbons (Fsp3) is 0.385. The van der Waals surface area contributed by atoms with E-state index in [1.54, 1.807) is 13.0 Å². The van der Waals surface area contributed by atoms with Crippen LogP contribution in [-0.4, -0.2) is 38.5 Å². The maximum Gasteiger partial charge on any atom is 0.335 e. The Morgan fingerprint density at radius 1 is 1.45 bits per heavy atom. The number of aromatic carboxylic acids is 1. The Morgan fingerprint density at radius 3 is 2.85 bits per heavy atom. The van der Waals surface area contributed by atoms with E-state index in [-0.39, 0.29) is 11.5 Å². The van der Waals surface area contributed by atoms with E-state index in [0.29, 0.717) is 17.6 Å². The summed E-state index contributed by atoms with van der Waals surface area (Å²) < 4.78 is 1.49. The number of carbonyl (C=O) groups excluding carboxylic acids is 1. The number of fused-ring (bicyclic) bond motifs is 1. The number of carbonyl (C=O) groups is 2. The Kier molecular flexibility index (Phi) is 3.97. The standard InChI is InChI=1S/C13H16N4O3/c1-3-6-14-12(18)8(2)17-11-5-4-9(13(19)20)7-10(11)15-16-17/h4-5,7-8H,3,6H2,1-2H3,(H,14,18)(H,19,20). The molecule has 2 aromatic rings. The highest BCUT2D eigenvalue weighted by Gasteiger charge is 2.18. The summed E-state index contributed by atoms with van der Waals surface area (Å²) in [6.07, 6.45) is 0.860. The molecule has 0 fully saturated rings. The molecule has 2 rings (SSSR count). The summed E-state index contributed by atoms with van der Waals surface area (Å²) in [6, 6.07) is 4.03. The molecule has 1 aromatic heterocycles. The third-order valence-electron chi connectivity index (χ3n) is 3.01. The van der Waals surface area contributed by atoms with E-state index in [1.807, 2.05) is 6.92 Å². The van der Waals surface area contributed by atoms with Gasteiger partial charge in [0.25, 0.3) is 0 Å². The van der Waals surface area contributed by atoms with Gasteiger partial charge < -0.3 is 10.4 Å². The second-order valence-electron chi connectivity index (χ2n) is 4.51. The predicted octanol–water partition coefficient (Wildman–Crippen LogP) is 1.22. The highest BCUT2D eigenvalue weighted by Crippen LogP contribution is 2.17. The number of hydrogen-bond acceptors (Lipinski definition) is 4. The fourth-order valence-electron chi connectivity index (χ4n) is 1.87. The summed E-state index contributed by atoms with van der Waals surface area (Å²) in [4.78, 5) is 22.8. The summed E-state index contributed by atoms with van der Waals surface area (Å²) in [5.41, 5.74) is 1.24. The van der Waals surface area contributed by atoms with Gasteiger partial charge in [-0.1, -0.05) is 12.1 Å². The van der Waals surface area contributed by atoms with Crippen molar-refractivity contribution in [2.45, 2.75) is 26.3 Å². The maximum absolute atomic E-state index is 11.9. The van der Waals surface area contributed by atoms with Gasteiger partial charge in [0.2, 0.25) is 5.91 Å². The monoisotopic (exact) mass is 276 g/mol. The Balaban J connectivity index is 2.31. The van der Waals surface area contributed by atoms with E-state index in [4.69, 9.17) is 5.11 Å². The molecule has 1 amide bonds. The average Bonchev–Trinajstić information content (AvgIpc) is 2.86. The molecule has 106 valence electrons. The number of nitrogens with zero attached hydrogens (tertiary/aromatic N) is 3. The first-order valence-corrected chi connectivity index (χ1v) is 6.40. The normalized spacial score (nSPS) is 12.3. The molecular formula is C13H16N4O3. The highest BCUT2D eigenvalue weighted by atomic mass is 16.4. The van der Waals surface area contributed by atoms with Crippen molar-refractivity contribution in [3.63, 3.8) is 0 Å². The number of benzene rings is 1. The van der Waals surface area contributed by atoms with Crippen LogP contribution in [0, 0.1) is 0 Å². The van der Waals surface area contributed by atoms with Crippen LogP contribution in [0.5, 0.6) is 0 Å². The molecule has 0 aliphatic carbocycles. The number of carboxylic acids is 1. The zero-order valence-corrected chi connectivity index (χ0v) is 11.3. The summed E-state index contributed by atoms with van der Waals surface area (Å²) >= 11 is 0. The second-order valence-corrected chi connectivity index (χ2v) is 4.51. The lowest BCUT2D eigenvalue weighted by atomic mass is 10.2. The van der Waals surface area contributed by atoms with Crippen LogP contribution in [0.15, 0.2) is 18.2 Å². The molecule has 0 saturated carbocycles. The minimum atomic E-state index is -1.02. The van der Waals surface area contributed by atoms with Crippen LogP contribution in [0.2, 0.25) is 0 Å². The topological polar surface area (TPSA) is 97.1 Å². The first kappa shape index (κ1) is 14.0. The van der Waals surface area contributed by atoms with Crippen LogP contribution < -0.4 is 5.32 Å². The Morgan fingerprint density at radius 2 is 2.20 bits per heavy atom. The SMILES string of the molecule is CCCNC(=O)C(C)n1nnc2cc(C(=O)O)ccc21. The van der Waals surface area contributed by atoms with E-state index in [2.05, 4.69) is 15.6 Å². The summed E-state index contributed by atoms with van der Waals surface area (Å²) in [7, 11) is 0. The van der Waals surface area contributed by atoms with Crippen molar-refractivity contribution < 1.29 is 14.7 Å². The van der Waals surface area contributed by atoms with Gasteiger partial charge in [0, 0.05) is 6.54 Å². The fourth-order valence-corrected chi connectivity index (χ4v) is 1.87. The van der Waals surface area contributed by atoms with Crippen LogP contribution in [0.3, 0.4) is 0 Å². The Labute approximate surface area is 115 Å². The lowest BCUT2D eigenvalue weighted by molar-refractivity contribution is -0.124. The number of hydrogen-bond donors (Lipinski definition) is 2. The molecule has 0 spiro atoms. The van der Waals surface area contributed by atoms with Crippen molar-refractivity contribution >= 4 is 22.9 Å². The largest absolute Gasteiger partial charge is 0.478 e. The molecule has 1 heterocycles. The van der Waals surface area contributed by atoms with Gasteiger partial charge in [-0.15, -0.1) is 5.10 Å². The first-order chi connectivity index (χ1) is 9.54. The minimum Gasteiger partial charge on any atom is -0.478 e. The predicted molar refractivity (Wildman–Crippen MR) is 72.5 cm³/mol. The maximum atomic E-state index is 11.9. The molecule has 0 aliphatic rings. The molecule has 2 N–H and O–H groups in total. The highest BCUT2D eigenvalue weighted by molar-refractivity contribution is 5.92. The molecule has 0 radical (unpaired) electrons. The van der Waals surface area contributed by atoms with Gasteiger partial charge in [-0.2, -0.15) is 0 Å². The second kappa shape index (κ2) is 5.68. The van der Waals surface area contributed by atoms with Gasteiger partial charge in [0.15, 0.2) is 0 Å². The number of carboxylic acid groups (broad SMARTS) is 1. The van der Waals surface area contributed by atoms with Crippen molar-refractivity contribution in [3.8, 4) is 0 Å². The van der Waals surface area contributed by atoms with E-state index in [9.17, 15) is 9.59 Å². The Hall–Kier alpha value is -2.44. The molecule has 1 unspecified atom stereocenters. The zero-order valence-electron chi connectivity index (χ0n) is 11.3. The van der Waals surface area contributed by atoms with Crippen molar-refractivity contribution in [1.29, 1.82) is 0 Å². The minimum absolute atomic E-state index is 0.138. The van der Waals surface area contributed by atoms with Crippen LogP contribution in [0.4, 0.5) is 0 Å². The Bertz CT molecular complexity index is 650. The van der Waals surface area contributed by atoms with Crippen molar-refractivity contribution in [3.05, 3.63) is 23.8 Å². The zero-order chi connectivity index (χ0) is 14.7. The molecule has 1 aromatic carbocycles. The van der Waals surface area contributed by atoms with Gasteiger partial charge in [0.1, 0.15) is 11.6 Å². The van der Waals surface area contributed by atoms with Crippen molar-refractivity contribution in [1.82, 2.24) is 20.3 Å². The van der Waals surface area contributed by atoms with Gasteiger partial charge in [-0.05, 0) is 31.5 Å². The molecular weight excluding hydrogens is 260 g/mol. The molecule has 0 saturated heterocycles. The average molecular weight is 276 g/mol. The summed E-state index contributed by atoms with van der Waals surface area (Å²) in [5, 5.41) is 19.6. The first-order valence-electron chi connectivity index (χ1n) is 6.40. The number of aromatic nitrogens is 3. The lowest BCUT2D eigenvalue weighted by Gasteiger charge is -2.12. The number of nitrogens with one attached hydrogen (secondary N) is 1. The summed E-state index contributed by atoms with van der Waals surface area (Å²) in [5.74, 6) is -1.16. The molecule has 7 heteroatoms. The molecule has 0 bridgehead atoms. The van der Waals surface area contributed by atoms with Crippen LogP contribution >= 0.6 is 0 Å². The third kappa shape index (κ3) is 2.61. The van der Waals surface area contributed by atoms with Gasteiger partial charge in [-0.3, -0.25) is 4.79 Å². The smallest absolute Gasteiger partial charge is 0.335 e. The quantitative estimate of drug-likeness (QED) is 0.855. The lowest BCUT2D eigenvalue weighted by Crippen LogP contribution is -2.31. The number of rotatable bonds is 5. The van der Waals surface area contributed by atoms with Gasteiger partial charge in [0.05, 0.1) is 11.1 Å². The molecule has 0 aliphatic heterocycles. The molecule has 1 atom stereocenters. The summed E-state index contributed by atoms with van der Waals surface area (Å²) in [6.45, 7) is 4.31. The van der Waals surface area contributed by atoms with Crippen LogP contribution in [0.1, 0.15) is 36.7 Å². The van der Waals surface area contributed by atoms with E-state index in [1.165, 1.54) is 16.8 Å². The van der Waals surface area contributed by atoms with Gasteiger partial charge >= 0.3 is 5.97 Å². The van der Waals surface area contributed by atoms with E-state index in [0.717, 1.165) is 6.42 Å². The van der Waals surface area contributed by atoms with Crippen molar-refractivity contribution in [2.75, 3.05) is 6.54 Å².